The van der Waals surface area contributed by atoms with Crippen LogP contribution >= 0.6 is 0 Å². The second kappa shape index (κ2) is 14.1. The van der Waals surface area contributed by atoms with Crippen molar-refractivity contribution in [1.82, 2.24) is 9.80 Å². The van der Waals surface area contributed by atoms with E-state index in [0.29, 0.717) is 37.4 Å². The first-order valence-corrected chi connectivity index (χ1v) is 11.2. The van der Waals surface area contributed by atoms with Crippen LogP contribution in [-0.4, -0.2) is 69.8 Å². The number of phenols is 2. The van der Waals surface area contributed by atoms with Gasteiger partial charge in [-0.1, -0.05) is 56.2 Å². The lowest BCUT2D eigenvalue weighted by Gasteiger charge is -2.27. The Kier molecular flexibility index (Phi) is 11.2. The molecular weight excluding hydrogens is 424 g/mol. The molecule has 0 radical (unpaired) electrons. The summed E-state index contributed by atoms with van der Waals surface area (Å²) in [5.41, 5.74) is 1.29. The number of benzene rings is 2. The van der Waals surface area contributed by atoms with Crippen LogP contribution in [0.3, 0.4) is 0 Å². The van der Waals surface area contributed by atoms with Crippen molar-refractivity contribution in [2.75, 3.05) is 32.8 Å². The molecule has 0 saturated carbocycles. The van der Waals surface area contributed by atoms with E-state index in [1.54, 1.807) is 47.4 Å². The monoisotopic (exact) mass is 458 g/mol. The molecule has 0 aliphatic heterocycles. The molecule has 0 saturated heterocycles. The molecule has 0 heterocycles. The van der Waals surface area contributed by atoms with Gasteiger partial charge in [-0.2, -0.15) is 0 Å². The molecule has 8 heteroatoms. The zero-order chi connectivity index (χ0) is 24.1. The van der Waals surface area contributed by atoms with Crippen LogP contribution in [0.15, 0.2) is 48.5 Å². The van der Waals surface area contributed by atoms with E-state index in [4.69, 9.17) is 4.74 Å². The van der Waals surface area contributed by atoms with Gasteiger partial charge in [0, 0.05) is 37.3 Å². The Labute approximate surface area is 195 Å². The van der Waals surface area contributed by atoms with E-state index in [9.17, 15) is 24.9 Å². The molecule has 2 aromatic rings. The minimum Gasteiger partial charge on any atom is -0.508 e. The highest BCUT2D eigenvalue weighted by Crippen LogP contribution is 2.19. The molecule has 3 N–H and O–H groups in total. The van der Waals surface area contributed by atoms with Gasteiger partial charge in [-0.15, -0.1) is 0 Å². The van der Waals surface area contributed by atoms with Gasteiger partial charge in [-0.25, -0.2) is 0 Å². The Morgan fingerprint density at radius 1 is 0.818 bits per heavy atom. The zero-order valence-electron chi connectivity index (χ0n) is 19.2. The number of esters is 1. The predicted molar refractivity (Wildman–Crippen MR) is 125 cm³/mol. The molecule has 0 fully saturated rings. The highest BCUT2D eigenvalue weighted by molar-refractivity contribution is 5.71. The third-order valence-electron chi connectivity index (χ3n) is 5.23. The fraction of sp³-hybridized carbons (Fsp3) is 0.440. The van der Waals surface area contributed by atoms with Crippen molar-refractivity contribution in [3.05, 3.63) is 59.7 Å². The Bertz CT molecular complexity index is 889. The van der Waals surface area contributed by atoms with Gasteiger partial charge in [0.25, 0.3) is 0 Å². The number of ether oxygens (including phenoxy) is 1. The summed E-state index contributed by atoms with van der Waals surface area (Å²) in [5, 5.41) is 29.5. The Hall–Kier alpha value is -3.10. The molecule has 2 rings (SSSR count). The van der Waals surface area contributed by atoms with Crippen LogP contribution < -0.4 is 0 Å². The zero-order valence-corrected chi connectivity index (χ0v) is 19.2. The summed E-state index contributed by atoms with van der Waals surface area (Å²) in [5.74, 6) is -1.09. The van der Waals surface area contributed by atoms with Crippen molar-refractivity contribution >= 4 is 11.9 Å². The summed E-state index contributed by atoms with van der Waals surface area (Å²) in [6, 6.07) is 13.7. The van der Waals surface area contributed by atoms with Crippen LogP contribution in [0, 0.1) is 0 Å². The minimum atomic E-state index is -0.979. The van der Waals surface area contributed by atoms with Crippen molar-refractivity contribution in [1.29, 1.82) is 0 Å². The van der Waals surface area contributed by atoms with Crippen LogP contribution in [0.2, 0.25) is 0 Å². The molecule has 0 bridgehead atoms. The van der Waals surface area contributed by atoms with Gasteiger partial charge in [0.05, 0.1) is 19.7 Å². The molecule has 0 aliphatic carbocycles. The van der Waals surface area contributed by atoms with Crippen molar-refractivity contribution in [2.45, 2.75) is 39.3 Å². The van der Waals surface area contributed by atoms with Gasteiger partial charge in [0.15, 0.2) is 0 Å². The van der Waals surface area contributed by atoms with E-state index in [1.807, 2.05) is 11.0 Å². The predicted octanol–water partition coefficient (Wildman–Crippen LogP) is 3.22. The molecule has 8 nitrogen and oxygen atoms in total. The maximum absolute atomic E-state index is 12.4. The average Bonchev–Trinajstić information content (AvgIpc) is 2.77. The molecule has 33 heavy (non-hydrogen) atoms. The van der Waals surface area contributed by atoms with E-state index in [-0.39, 0.29) is 37.1 Å². The van der Waals surface area contributed by atoms with Gasteiger partial charge in [0.1, 0.15) is 11.5 Å². The molecule has 0 aromatic heterocycles. The Morgan fingerprint density at radius 3 is 1.82 bits per heavy atom. The SMILES string of the molecule is CCCCCOC(=O)CN(CCN(CC(=O)O)Cc1ccccc1O)Cc1ccccc1O. The maximum Gasteiger partial charge on any atom is 0.320 e. The summed E-state index contributed by atoms with van der Waals surface area (Å²) in [6.07, 6.45) is 2.84. The van der Waals surface area contributed by atoms with Crippen molar-refractivity contribution in [2.24, 2.45) is 0 Å². The van der Waals surface area contributed by atoms with E-state index in [0.717, 1.165) is 19.3 Å². The minimum absolute atomic E-state index is 0.0258. The van der Waals surface area contributed by atoms with Gasteiger partial charge >= 0.3 is 11.9 Å². The van der Waals surface area contributed by atoms with Crippen LogP contribution in [0.1, 0.15) is 37.3 Å². The fourth-order valence-electron chi connectivity index (χ4n) is 3.44. The van der Waals surface area contributed by atoms with Gasteiger partial charge < -0.3 is 20.1 Å². The summed E-state index contributed by atoms with van der Waals surface area (Å²) >= 11 is 0. The lowest BCUT2D eigenvalue weighted by molar-refractivity contribution is -0.145. The third-order valence-corrected chi connectivity index (χ3v) is 5.23. The molecule has 0 amide bonds. The number of nitrogens with zero attached hydrogens (tertiary/aromatic N) is 2. The van der Waals surface area contributed by atoms with E-state index in [2.05, 4.69) is 6.92 Å². The highest BCUT2D eigenvalue weighted by Gasteiger charge is 2.18. The number of carbonyl (C=O) groups excluding carboxylic acids is 1. The number of carboxylic acid groups (broad SMARTS) is 1. The first kappa shape index (κ1) is 26.2. The summed E-state index contributed by atoms with van der Waals surface area (Å²) in [6.45, 7) is 3.55. The average molecular weight is 459 g/mol. The topological polar surface area (TPSA) is 111 Å². The number of aliphatic carboxylic acids is 1. The largest absolute Gasteiger partial charge is 0.508 e. The van der Waals surface area contributed by atoms with E-state index < -0.39 is 5.97 Å². The van der Waals surface area contributed by atoms with Gasteiger partial charge in [-0.05, 0) is 18.6 Å². The number of phenolic OH excluding ortho intramolecular Hbond substituents is 2. The molecule has 0 unspecified atom stereocenters. The standard InChI is InChI=1S/C25H34N2O6/c1-2-3-8-15-33-25(32)19-27(17-21-10-5-7-12-23(21)29)14-13-26(18-24(30)31)16-20-9-4-6-11-22(20)28/h4-7,9-12,28-29H,2-3,8,13-19H2,1H3,(H,30,31). The lowest BCUT2D eigenvalue weighted by Crippen LogP contribution is -2.39. The summed E-state index contributed by atoms with van der Waals surface area (Å²) in [7, 11) is 0. The molecule has 180 valence electrons. The van der Waals surface area contributed by atoms with Crippen molar-refractivity contribution < 1.29 is 29.6 Å². The Balaban J connectivity index is 2.06. The number of hydrogen-bond donors (Lipinski definition) is 3. The third kappa shape index (κ3) is 9.93. The lowest BCUT2D eigenvalue weighted by atomic mass is 10.1. The summed E-state index contributed by atoms with van der Waals surface area (Å²) < 4.78 is 5.34. The molecule has 2 aromatic carbocycles. The van der Waals surface area contributed by atoms with Crippen molar-refractivity contribution in [3.8, 4) is 11.5 Å². The number of rotatable bonds is 15. The van der Waals surface area contributed by atoms with Crippen LogP contribution in [-0.2, 0) is 27.4 Å². The highest BCUT2D eigenvalue weighted by atomic mass is 16.5. The first-order chi connectivity index (χ1) is 15.9. The maximum atomic E-state index is 12.4. The van der Waals surface area contributed by atoms with E-state index >= 15 is 0 Å². The van der Waals surface area contributed by atoms with Gasteiger partial charge in [-0.3, -0.25) is 19.4 Å². The summed E-state index contributed by atoms with van der Waals surface area (Å²) in [4.78, 5) is 27.3. The van der Waals surface area contributed by atoms with Crippen LogP contribution in [0.4, 0.5) is 0 Å². The second-order valence-electron chi connectivity index (χ2n) is 8.00. The first-order valence-electron chi connectivity index (χ1n) is 11.2. The number of carboxylic acids is 1. The quantitative estimate of drug-likeness (QED) is 0.276. The molecule has 0 atom stereocenters. The number of para-hydroxylation sites is 2. The number of carbonyl (C=O) groups is 2. The fourth-order valence-corrected chi connectivity index (χ4v) is 3.44. The number of hydrogen-bond acceptors (Lipinski definition) is 7. The molecule has 0 aliphatic rings. The number of aromatic hydroxyl groups is 2. The Morgan fingerprint density at radius 2 is 1.33 bits per heavy atom. The number of unbranched alkanes of at least 4 members (excludes halogenated alkanes) is 2. The van der Waals surface area contributed by atoms with Gasteiger partial charge in [0.2, 0.25) is 0 Å². The molecule has 0 spiro atoms. The normalized spacial score (nSPS) is 11.1. The van der Waals surface area contributed by atoms with E-state index in [1.165, 1.54) is 0 Å². The van der Waals surface area contributed by atoms with Crippen LogP contribution in [0.25, 0.3) is 0 Å². The van der Waals surface area contributed by atoms with Crippen molar-refractivity contribution in [3.63, 3.8) is 0 Å². The van der Waals surface area contributed by atoms with Crippen LogP contribution in [0.5, 0.6) is 11.5 Å². The smallest absolute Gasteiger partial charge is 0.320 e. The molecular formula is C25H34N2O6. The second-order valence-corrected chi connectivity index (χ2v) is 8.00.